The molecule has 3 N–H and O–H groups in total. The van der Waals surface area contributed by atoms with Crippen LogP contribution in [0.25, 0.3) is 0 Å². The average Bonchev–Trinajstić information content (AvgIpc) is 3.35. The van der Waals surface area contributed by atoms with Gasteiger partial charge in [-0.1, -0.05) is 0 Å². The first-order valence-electron chi connectivity index (χ1n) is 10.5. The number of anilines is 3. The maximum absolute atomic E-state index is 13.4. The van der Waals surface area contributed by atoms with Gasteiger partial charge in [-0.25, -0.2) is 8.42 Å². The van der Waals surface area contributed by atoms with Gasteiger partial charge in [-0.05, 0) is 73.9 Å². The molecule has 0 unspecified atom stereocenters. The number of piperidine rings is 1. The number of aromatic amines is 1. The molecule has 8 nitrogen and oxygen atoms in total. The zero-order chi connectivity index (χ0) is 22.6. The van der Waals surface area contributed by atoms with Gasteiger partial charge in [-0.2, -0.15) is 0 Å². The van der Waals surface area contributed by atoms with Crippen LogP contribution in [0.4, 0.5) is 17.1 Å². The summed E-state index contributed by atoms with van der Waals surface area (Å²) >= 11 is 0. The van der Waals surface area contributed by atoms with E-state index in [-0.39, 0.29) is 10.8 Å². The van der Waals surface area contributed by atoms with Gasteiger partial charge in [0.2, 0.25) is 0 Å². The van der Waals surface area contributed by atoms with Crippen molar-refractivity contribution in [3.05, 3.63) is 66.5 Å². The van der Waals surface area contributed by atoms with Crippen LogP contribution in [0, 0.1) is 0 Å². The number of carbonyl (C=O) groups is 1. The molecule has 0 atom stereocenters. The summed E-state index contributed by atoms with van der Waals surface area (Å²) in [5, 5.41) is 2.77. The SMILES string of the molecule is COc1ccc(NS(=O)(=O)c2cc(NC(=O)c3ccc[nH]3)ccc2N2CCCCC2)cc1. The molecule has 0 bridgehead atoms. The Balaban J connectivity index is 1.67. The molecule has 1 saturated heterocycles. The third kappa shape index (κ3) is 4.88. The molecule has 0 spiro atoms. The van der Waals surface area contributed by atoms with Gasteiger partial charge in [-0.15, -0.1) is 0 Å². The van der Waals surface area contributed by atoms with E-state index in [0.717, 1.165) is 32.4 Å². The number of rotatable bonds is 7. The fourth-order valence-electron chi connectivity index (χ4n) is 3.74. The van der Waals surface area contributed by atoms with Gasteiger partial charge in [0.1, 0.15) is 16.3 Å². The van der Waals surface area contributed by atoms with Crippen molar-refractivity contribution in [1.82, 2.24) is 4.98 Å². The van der Waals surface area contributed by atoms with E-state index in [9.17, 15) is 13.2 Å². The summed E-state index contributed by atoms with van der Waals surface area (Å²) in [5.74, 6) is 0.295. The summed E-state index contributed by atoms with van der Waals surface area (Å²) in [7, 11) is -2.36. The number of aromatic nitrogens is 1. The van der Waals surface area contributed by atoms with E-state index in [2.05, 4.69) is 19.9 Å². The van der Waals surface area contributed by atoms with Crippen molar-refractivity contribution in [2.75, 3.05) is 35.1 Å². The maximum Gasteiger partial charge on any atom is 0.272 e. The molecule has 1 fully saturated rings. The molecule has 2 aromatic carbocycles. The minimum Gasteiger partial charge on any atom is -0.497 e. The predicted molar refractivity (Wildman–Crippen MR) is 125 cm³/mol. The van der Waals surface area contributed by atoms with E-state index in [0.29, 0.717) is 28.5 Å². The first-order valence-corrected chi connectivity index (χ1v) is 12.0. The molecule has 1 aromatic heterocycles. The summed E-state index contributed by atoms with van der Waals surface area (Å²) < 4.78 is 34.6. The Kier molecular flexibility index (Phi) is 6.36. The number of H-pyrrole nitrogens is 1. The number of hydrogen-bond acceptors (Lipinski definition) is 5. The highest BCUT2D eigenvalue weighted by molar-refractivity contribution is 7.92. The van der Waals surface area contributed by atoms with E-state index >= 15 is 0 Å². The van der Waals surface area contributed by atoms with Gasteiger partial charge in [0.05, 0.1) is 12.8 Å². The summed E-state index contributed by atoms with van der Waals surface area (Å²) in [4.78, 5) is 17.5. The molecule has 2 heterocycles. The van der Waals surface area contributed by atoms with E-state index in [1.54, 1.807) is 61.8 Å². The van der Waals surface area contributed by atoms with Gasteiger partial charge in [0, 0.05) is 30.7 Å². The fourth-order valence-corrected chi connectivity index (χ4v) is 5.05. The third-order valence-corrected chi connectivity index (χ3v) is 6.80. The zero-order valence-electron chi connectivity index (χ0n) is 17.8. The second-order valence-corrected chi connectivity index (χ2v) is 9.25. The van der Waals surface area contributed by atoms with Crippen LogP contribution in [-0.4, -0.2) is 39.5 Å². The summed E-state index contributed by atoms with van der Waals surface area (Å²) in [5.41, 5.74) is 1.85. The van der Waals surface area contributed by atoms with Crippen LogP contribution >= 0.6 is 0 Å². The second kappa shape index (κ2) is 9.35. The number of benzene rings is 2. The van der Waals surface area contributed by atoms with Crippen molar-refractivity contribution >= 4 is 33.0 Å². The minimum atomic E-state index is -3.92. The molecule has 1 aliphatic heterocycles. The molecule has 0 saturated carbocycles. The van der Waals surface area contributed by atoms with Crippen molar-refractivity contribution in [3.8, 4) is 5.75 Å². The summed E-state index contributed by atoms with van der Waals surface area (Å²) in [6.07, 6.45) is 4.81. The van der Waals surface area contributed by atoms with E-state index in [1.807, 2.05) is 0 Å². The lowest BCUT2D eigenvalue weighted by molar-refractivity contribution is 0.102. The monoisotopic (exact) mass is 454 g/mol. The second-order valence-electron chi connectivity index (χ2n) is 7.60. The highest BCUT2D eigenvalue weighted by Crippen LogP contribution is 2.32. The molecule has 1 amide bonds. The largest absolute Gasteiger partial charge is 0.497 e. The maximum atomic E-state index is 13.4. The van der Waals surface area contributed by atoms with E-state index in [1.165, 1.54) is 6.07 Å². The normalized spacial score (nSPS) is 14.1. The lowest BCUT2D eigenvalue weighted by Crippen LogP contribution is -2.31. The van der Waals surface area contributed by atoms with E-state index in [4.69, 9.17) is 4.74 Å². The summed E-state index contributed by atoms with van der Waals surface area (Å²) in [6.45, 7) is 1.58. The highest BCUT2D eigenvalue weighted by atomic mass is 32.2. The molecular formula is C23H26N4O4S. The number of carbonyl (C=O) groups excluding carboxylic acids is 1. The Morgan fingerprint density at radius 3 is 2.38 bits per heavy atom. The number of ether oxygens (including phenoxy) is 1. The Morgan fingerprint density at radius 1 is 1.00 bits per heavy atom. The van der Waals surface area contributed by atoms with Crippen molar-refractivity contribution in [3.63, 3.8) is 0 Å². The Hall–Kier alpha value is -3.46. The molecule has 0 aliphatic carbocycles. The Labute approximate surface area is 187 Å². The van der Waals surface area contributed by atoms with Gasteiger partial charge in [-0.3, -0.25) is 9.52 Å². The first kappa shape index (κ1) is 21.8. The standard InChI is InChI=1S/C23H26N4O4S/c1-31-19-10-7-17(8-11-19)26-32(29,30)22-16-18(25-23(28)20-6-5-13-24-20)9-12-21(22)27-14-3-2-4-15-27/h5-13,16,24,26H,2-4,14-15H2,1H3,(H,25,28). The van der Waals surface area contributed by atoms with Crippen molar-refractivity contribution in [2.45, 2.75) is 24.2 Å². The summed E-state index contributed by atoms with van der Waals surface area (Å²) in [6, 6.07) is 15.1. The van der Waals surface area contributed by atoms with Crippen LogP contribution in [0.5, 0.6) is 5.75 Å². The number of amides is 1. The fraction of sp³-hybridized carbons (Fsp3) is 0.261. The number of nitrogens with zero attached hydrogens (tertiary/aromatic N) is 1. The van der Waals surface area contributed by atoms with Crippen molar-refractivity contribution in [1.29, 1.82) is 0 Å². The number of methoxy groups -OCH3 is 1. The average molecular weight is 455 g/mol. The van der Waals surface area contributed by atoms with Crippen molar-refractivity contribution < 1.29 is 17.9 Å². The molecular weight excluding hydrogens is 428 g/mol. The Bertz CT molecular complexity index is 1170. The van der Waals surface area contributed by atoms with Crippen LogP contribution in [0.15, 0.2) is 65.7 Å². The molecule has 9 heteroatoms. The van der Waals surface area contributed by atoms with Gasteiger partial charge in [0.25, 0.3) is 15.9 Å². The highest BCUT2D eigenvalue weighted by Gasteiger charge is 2.24. The molecule has 1 aliphatic rings. The smallest absolute Gasteiger partial charge is 0.272 e. The Morgan fingerprint density at radius 2 is 1.72 bits per heavy atom. The predicted octanol–water partition coefficient (Wildman–Crippen LogP) is 4.07. The van der Waals surface area contributed by atoms with Crippen LogP contribution in [-0.2, 0) is 10.0 Å². The third-order valence-electron chi connectivity index (χ3n) is 5.39. The minimum absolute atomic E-state index is 0.125. The van der Waals surface area contributed by atoms with Gasteiger partial charge >= 0.3 is 0 Å². The molecule has 4 rings (SSSR count). The molecule has 32 heavy (non-hydrogen) atoms. The van der Waals surface area contributed by atoms with Crippen LogP contribution in [0.1, 0.15) is 29.8 Å². The van der Waals surface area contributed by atoms with Crippen LogP contribution < -0.4 is 19.7 Å². The van der Waals surface area contributed by atoms with Crippen LogP contribution in [0.2, 0.25) is 0 Å². The molecule has 3 aromatic rings. The van der Waals surface area contributed by atoms with Gasteiger partial charge in [0.15, 0.2) is 0 Å². The van der Waals surface area contributed by atoms with Crippen LogP contribution in [0.3, 0.4) is 0 Å². The lowest BCUT2D eigenvalue weighted by atomic mass is 10.1. The lowest BCUT2D eigenvalue weighted by Gasteiger charge is -2.30. The van der Waals surface area contributed by atoms with E-state index < -0.39 is 10.0 Å². The molecule has 0 radical (unpaired) electrons. The van der Waals surface area contributed by atoms with Crippen molar-refractivity contribution in [2.24, 2.45) is 0 Å². The van der Waals surface area contributed by atoms with Gasteiger partial charge < -0.3 is 19.9 Å². The molecule has 168 valence electrons. The number of sulfonamides is 1. The number of hydrogen-bond donors (Lipinski definition) is 3. The number of nitrogens with one attached hydrogen (secondary N) is 3. The zero-order valence-corrected chi connectivity index (χ0v) is 18.6. The quantitative estimate of drug-likeness (QED) is 0.499. The first-order chi connectivity index (χ1) is 15.5. The topological polar surface area (TPSA) is 104 Å².